The Hall–Kier alpha value is -0.480. The number of rotatable bonds is 7. The molecule has 2 atom stereocenters. The number of hydrogen-bond acceptors (Lipinski definition) is 2. The van der Waals surface area contributed by atoms with Crippen molar-refractivity contribution >= 4 is 32.5 Å². The van der Waals surface area contributed by atoms with Crippen LogP contribution < -0.4 is 0 Å². The number of carbonyl (C=O) groups excluding carboxylic acids is 1. The highest BCUT2D eigenvalue weighted by molar-refractivity contribution is 9.10. The molecule has 0 aliphatic heterocycles. The second-order valence-electron chi connectivity index (χ2n) is 4.31. The number of ketones is 1. The minimum atomic E-state index is -1.06. The van der Waals surface area contributed by atoms with E-state index in [0.717, 1.165) is 23.7 Å². The normalized spacial score (nSPS) is 14.2. The first-order valence-electron chi connectivity index (χ1n) is 6.23. The molecule has 0 aliphatic carbocycles. The monoisotopic (exact) mass is 330 g/mol. The second-order valence-corrected chi connectivity index (χ2v) is 7.10. The summed E-state index contributed by atoms with van der Waals surface area (Å²) in [6, 6.07) is 7.21. The summed E-state index contributed by atoms with van der Waals surface area (Å²) in [7, 11) is -1.06. The van der Waals surface area contributed by atoms with Crippen LogP contribution in [0.15, 0.2) is 28.7 Å². The van der Waals surface area contributed by atoms with Crippen LogP contribution in [0.5, 0.6) is 0 Å². The van der Waals surface area contributed by atoms with Crippen molar-refractivity contribution in [3.8, 4) is 0 Å². The molecular weight excluding hydrogens is 312 g/mol. The van der Waals surface area contributed by atoms with Gasteiger partial charge in [-0.05, 0) is 25.5 Å². The number of halogens is 1. The van der Waals surface area contributed by atoms with Crippen molar-refractivity contribution in [1.82, 2.24) is 0 Å². The lowest BCUT2D eigenvalue weighted by atomic mass is 10.1. The lowest BCUT2D eigenvalue weighted by molar-refractivity contribution is 0.0992. The first-order chi connectivity index (χ1) is 8.56. The van der Waals surface area contributed by atoms with Crippen molar-refractivity contribution in [2.24, 2.45) is 0 Å². The molecule has 2 unspecified atom stereocenters. The summed E-state index contributed by atoms with van der Waals surface area (Å²) in [5.74, 6) is 0.592. The van der Waals surface area contributed by atoms with Gasteiger partial charge in [0.15, 0.2) is 5.78 Å². The lowest BCUT2D eigenvalue weighted by Crippen LogP contribution is -2.24. The van der Waals surface area contributed by atoms with Crippen molar-refractivity contribution in [3.63, 3.8) is 0 Å². The molecule has 4 heteroatoms. The molecule has 18 heavy (non-hydrogen) atoms. The fourth-order valence-corrected chi connectivity index (χ4v) is 3.12. The van der Waals surface area contributed by atoms with Gasteiger partial charge in [-0.1, -0.05) is 47.8 Å². The summed E-state index contributed by atoms with van der Waals surface area (Å²) in [6.45, 7) is 3.87. The quantitative estimate of drug-likeness (QED) is 0.560. The Bertz CT molecular complexity index is 414. The molecule has 0 saturated heterocycles. The van der Waals surface area contributed by atoms with Crippen LogP contribution in [0.4, 0.5) is 0 Å². The Kier molecular flexibility index (Phi) is 6.79. The van der Waals surface area contributed by atoms with Gasteiger partial charge in [-0.2, -0.15) is 0 Å². The highest BCUT2D eigenvalue weighted by Crippen LogP contribution is 2.14. The lowest BCUT2D eigenvalue weighted by Gasteiger charge is -2.10. The van der Waals surface area contributed by atoms with Gasteiger partial charge in [-0.15, -0.1) is 0 Å². The fraction of sp³-hybridized carbons (Fsp3) is 0.500. The van der Waals surface area contributed by atoms with Gasteiger partial charge >= 0.3 is 0 Å². The van der Waals surface area contributed by atoms with Crippen molar-refractivity contribution in [2.45, 2.75) is 38.4 Å². The average Bonchev–Trinajstić information content (AvgIpc) is 2.38. The van der Waals surface area contributed by atoms with Gasteiger partial charge in [0.05, 0.1) is 5.25 Å². The van der Waals surface area contributed by atoms with Crippen molar-refractivity contribution in [2.75, 3.05) is 5.75 Å². The topological polar surface area (TPSA) is 34.1 Å². The van der Waals surface area contributed by atoms with Gasteiger partial charge in [-0.25, -0.2) is 0 Å². The molecule has 0 radical (unpaired) electrons. The van der Waals surface area contributed by atoms with Crippen LogP contribution >= 0.6 is 15.9 Å². The highest BCUT2D eigenvalue weighted by Gasteiger charge is 2.20. The van der Waals surface area contributed by atoms with E-state index in [1.54, 1.807) is 19.1 Å². The second kappa shape index (κ2) is 7.85. The summed E-state index contributed by atoms with van der Waals surface area (Å²) in [4.78, 5) is 12.1. The van der Waals surface area contributed by atoms with E-state index in [2.05, 4.69) is 22.9 Å². The molecule has 1 rings (SSSR count). The zero-order chi connectivity index (χ0) is 13.5. The van der Waals surface area contributed by atoms with E-state index in [4.69, 9.17) is 0 Å². The van der Waals surface area contributed by atoms with E-state index in [0.29, 0.717) is 11.3 Å². The Morgan fingerprint density at radius 2 is 1.89 bits per heavy atom. The minimum Gasteiger partial charge on any atom is -0.293 e. The van der Waals surface area contributed by atoms with E-state index in [-0.39, 0.29) is 5.78 Å². The van der Waals surface area contributed by atoms with E-state index in [1.807, 2.05) is 12.1 Å². The Balaban J connectivity index is 2.60. The Morgan fingerprint density at radius 1 is 1.28 bits per heavy atom. The molecule has 0 N–H and O–H groups in total. The zero-order valence-corrected chi connectivity index (χ0v) is 13.2. The summed E-state index contributed by atoms with van der Waals surface area (Å²) in [6.07, 6.45) is 3.11. The molecule has 0 heterocycles. The molecule has 0 aromatic heterocycles. The third-order valence-electron chi connectivity index (χ3n) is 2.84. The minimum absolute atomic E-state index is 0.0302. The molecule has 0 spiro atoms. The molecule has 0 saturated carbocycles. The number of benzene rings is 1. The molecule has 0 aliphatic rings. The van der Waals surface area contributed by atoms with Gasteiger partial charge < -0.3 is 0 Å². The summed E-state index contributed by atoms with van der Waals surface area (Å²) >= 11 is 3.33. The predicted molar refractivity (Wildman–Crippen MR) is 80.5 cm³/mol. The standard InChI is InChI=1S/C14H19BrO2S/c1-3-4-5-10-18(17)11(2)14(16)12-6-8-13(15)9-7-12/h6-9,11H,3-5,10H2,1-2H3. The van der Waals surface area contributed by atoms with Crippen LogP contribution in [0.25, 0.3) is 0 Å². The average molecular weight is 331 g/mol. The van der Waals surface area contributed by atoms with Crippen LogP contribution in [0.1, 0.15) is 43.5 Å². The summed E-state index contributed by atoms with van der Waals surface area (Å²) in [5.41, 5.74) is 0.634. The van der Waals surface area contributed by atoms with Crippen LogP contribution in [-0.2, 0) is 10.8 Å². The zero-order valence-electron chi connectivity index (χ0n) is 10.8. The first-order valence-corrected chi connectivity index (χ1v) is 8.40. The Labute approximate surface area is 120 Å². The van der Waals surface area contributed by atoms with Crippen LogP contribution in [0, 0.1) is 0 Å². The molecular formula is C14H19BrO2S. The summed E-state index contributed by atoms with van der Waals surface area (Å²) < 4.78 is 12.9. The molecule has 0 fully saturated rings. The van der Waals surface area contributed by atoms with Crippen molar-refractivity contribution in [1.29, 1.82) is 0 Å². The molecule has 0 amide bonds. The van der Waals surface area contributed by atoms with E-state index < -0.39 is 16.0 Å². The van der Waals surface area contributed by atoms with Gasteiger partial charge in [0.2, 0.25) is 0 Å². The van der Waals surface area contributed by atoms with Crippen LogP contribution in [0.2, 0.25) is 0 Å². The van der Waals surface area contributed by atoms with Crippen LogP contribution in [-0.4, -0.2) is 21.0 Å². The fourth-order valence-electron chi connectivity index (χ4n) is 1.64. The highest BCUT2D eigenvalue weighted by atomic mass is 79.9. The largest absolute Gasteiger partial charge is 0.293 e. The van der Waals surface area contributed by atoms with Gasteiger partial charge in [-0.3, -0.25) is 9.00 Å². The summed E-state index contributed by atoms with van der Waals surface area (Å²) in [5, 5.41) is -0.414. The van der Waals surface area contributed by atoms with Crippen LogP contribution in [0.3, 0.4) is 0 Å². The van der Waals surface area contributed by atoms with Gasteiger partial charge in [0.1, 0.15) is 0 Å². The number of carbonyl (C=O) groups is 1. The van der Waals surface area contributed by atoms with E-state index >= 15 is 0 Å². The van der Waals surface area contributed by atoms with Crippen molar-refractivity contribution < 1.29 is 9.00 Å². The third-order valence-corrected chi connectivity index (χ3v) is 5.06. The molecule has 1 aromatic rings. The van der Waals surface area contributed by atoms with Gasteiger partial charge in [0, 0.05) is 26.6 Å². The Morgan fingerprint density at radius 3 is 2.44 bits per heavy atom. The first kappa shape index (κ1) is 15.6. The molecule has 1 aromatic carbocycles. The van der Waals surface area contributed by atoms with E-state index in [9.17, 15) is 9.00 Å². The van der Waals surface area contributed by atoms with Crippen molar-refractivity contribution in [3.05, 3.63) is 34.3 Å². The number of hydrogen-bond donors (Lipinski definition) is 0. The SMILES string of the molecule is CCCCCS(=O)C(C)C(=O)c1ccc(Br)cc1. The molecule has 2 nitrogen and oxygen atoms in total. The maximum Gasteiger partial charge on any atom is 0.178 e. The van der Waals surface area contributed by atoms with E-state index in [1.165, 1.54) is 0 Å². The number of Topliss-reactive ketones (excluding diaryl/α,β-unsaturated/α-hetero) is 1. The number of unbranched alkanes of at least 4 members (excludes halogenated alkanes) is 2. The predicted octanol–water partition coefficient (Wildman–Crippen LogP) is 3.96. The third kappa shape index (κ3) is 4.65. The van der Waals surface area contributed by atoms with Gasteiger partial charge in [0.25, 0.3) is 0 Å². The molecule has 100 valence electrons. The smallest absolute Gasteiger partial charge is 0.178 e. The molecule has 0 bridgehead atoms. The maximum absolute atomic E-state index is 12.1. The maximum atomic E-state index is 12.1.